The lowest BCUT2D eigenvalue weighted by Crippen LogP contribution is -2.42. The van der Waals surface area contributed by atoms with Crippen LogP contribution < -0.4 is 14.8 Å². The summed E-state index contributed by atoms with van der Waals surface area (Å²) >= 11 is 0. The predicted octanol–water partition coefficient (Wildman–Crippen LogP) is 1.73. The van der Waals surface area contributed by atoms with Crippen molar-refractivity contribution in [2.24, 2.45) is 0 Å². The monoisotopic (exact) mass is 249 g/mol. The molecule has 0 amide bonds. The van der Waals surface area contributed by atoms with Crippen molar-refractivity contribution in [1.82, 2.24) is 5.32 Å². The normalized spacial score (nSPS) is 26.3. The van der Waals surface area contributed by atoms with E-state index in [2.05, 4.69) is 24.4 Å². The topological polar surface area (TPSA) is 39.7 Å². The van der Waals surface area contributed by atoms with Crippen LogP contribution in [0, 0.1) is 0 Å². The molecule has 1 saturated heterocycles. The minimum atomic E-state index is 0.104. The summed E-state index contributed by atoms with van der Waals surface area (Å²) in [6.45, 7) is 5.95. The first kappa shape index (κ1) is 11.8. The zero-order valence-electron chi connectivity index (χ0n) is 10.7. The van der Waals surface area contributed by atoms with Crippen LogP contribution in [0.1, 0.15) is 18.9 Å². The van der Waals surface area contributed by atoms with E-state index < -0.39 is 0 Å². The van der Waals surface area contributed by atoms with Crippen molar-refractivity contribution in [2.75, 3.05) is 26.4 Å². The van der Waals surface area contributed by atoms with Gasteiger partial charge in [-0.25, -0.2) is 0 Å². The van der Waals surface area contributed by atoms with Gasteiger partial charge in [0.2, 0.25) is 0 Å². The Morgan fingerprint density at radius 1 is 1.17 bits per heavy atom. The predicted molar refractivity (Wildman–Crippen MR) is 68.1 cm³/mol. The highest BCUT2D eigenvalue weighted by Gasteiger charge is 2.28. The van der Waals surface area contributed by atoms with Gasteiger partial charge in [0.1, 0.15) is 13.2 Å². The molecule has 1 N–H and O–H groups in total. The molecule has 98 valence electrons. The number of ether oxygens (including phenoxy) is 3. The Balaban J connectivity index is 1.66. The molecule has 0 spiro atoms. The van der Waals surface area contributed by atoms with E-state index in [-0.39, 0.29) is 5.54 Å². The largest absolute Gasteiger partial charge is 0.486 e. The summed E-state index contributed by atoms with van der Waals surface area (Å²) in [6.07, 6.45) is 1.07. The molecule has 2 aliphatic rings. The van der Waals surface area contributed by atoms with Crippen LogP contribution in [0.2, 0.25) is 0 Å². The second kappa shape index (κ2) is 4.78. The Hall–Kier alpha value is -1.26. The summed E-state index contributed by atoms with van der Waals surface area (Å²) in [7, 11) is 0. The summed E-state index contributed by atoms with van der Waals surface area (Å²) < 4.78 is 16.5. The molecule has 4 nitrogen and oxygen atoms in total. The first-order valence-corrected chi connectivity index (χ1v) is 6.47. The SMILES string of the molecule is CC1(NCc2ccc3c(c2)OCCO3)CCOC1. The molecule has 1 aromatic rings. The Morgan fingerprint density at radius 2 is 2.00 bits per heavy atom. The molecule has 0 radical (unpaired) electrons. The lowest BCUT2D eigenvalue weighted by Gasteiger charge is -2.24. The average Bonchev–Trinajstić information content (AvgIpc) is 2.84. The molecular weight excluding hydrogens is 230 g/mol. The summed E-state index contributed by atoms with van der Waals surface area (Å²) in [5.74, 6) is 1.70. The van der Waals surface area contributed by atoms with Crippen LogP contribution in [0.25, 0.3) is 0 Å². The van der Waals surface area contributed by atoms with E-state index in [0.717, 1.165) is 37.7 Å². The Labute approximate surface area is 107 Å². The Morgan fingerprint density at radius 3 is 2.78 bits per heavy atom. The van der Waals surface area contributed by atoms with Gasteiger partial charge < -0.3 is 19.5 Å². The van der Waals surface area contributed by atoms with Crippen LogP contribution in [0.5, 0.6) is 11.5 Å². The first-order chi connectivity index (χ1) is 8.75. The standard InChI is InChI=1S/C14H19NO3/c1-14(4-5-16-10-14)15-9-11-2-3-12-13(8-11)18-7-6-17-12/h2-3,8,15H,4-7,9-10H2,1H3. The fourth-order valence-corrected chi connectivity index (χ4v) is 2.32. The van der Waals surface area contributed by atoms with Crippen LogP contribution in [0.3, 0.4) is 0 Å². The first-order valence-electron chi connectivity index (χ1n) is 6.47. The fourth-order valence-electron chi connectivity index (χ4n) is 2.32. The van der Waals surface area contributed by atoms with Crippen LogP contribution in [-0.2, 0) is 11.3 Å². The summed E-state index contributed by atoms with van der Waals surface area (Å²) in [4.78, 5) is 0. The summed E-state index contributed by atoms with van der Waals surface area (Å²) in [6, 6.07) is 6.12. The van der Waals surface area contributed by atoms with Crippen LogP contribution >= 0.6 is 0 Å². The minimum Gasteiger partial charge on any atom is -0.486 e. The van der Waals surface area contributed by atoms with Gasteiger partial charge in [0.25, 0.3) is 0 Å². The van der Waals surface area contributed by atoms with Crippen LogP contribution in [-0.4, -0.2) is 32.0 Å². The molecule has 0 saturated carbocycles. The number of benzene rings is 1. The van der Waals surface area contributed by atoms with E-state index in [1.54, 1.807) is 0 Å². The van der Waals surface area contributed by atoms with Crippen molar-refractivity contribution in [3.8, 4) is 11.5 Å². The fraction of sp³-hybridized carbons (Fsp3) is 0.571. The maximum Gasteiger partial charge on any atom is 0.161 e. The molecule has 1 aromatic carbocycles. The van der Waals surface area contributed by atoms with E-state index in [1.807, 2.05) is 6.07 Å². The molecule has 2 heterocycles. The average molecular weight is 249 g/mol. The maximum atomic E-state index is 5.58. The van der Waals surface area contributed by atoms with Crippen molar-refractivity contribution >= 4 is 0 Å². The van der Waals surface area contributed by atoms with Crippen molar-refractivity contribution in [3.05, 3.63) is 23.8 Å². The second-order valence-electron chi connectivity index (χ2n) is 5.19. The van der Waals surface area contributed by atoms with Crippen LogP contribution in [0.15, 0.2) is 18.2 Å². The van der Waals surface area contributed by atoms with E-state index in [4.69, 9.17) is 14.2 Å². The number of rotatable bonds is 3. The summed E-state index contributed by atoms with van der Waals surface area (Å²) in [5.41, 5.74) is 1.32. The molecular formula is C14H19NO3. The molecule has 1 fully saturated rings. The van der Waals surface area contributed by atoms with Crippen molar-refractivity contribution in [1.29, 1.82) is 0 Å². The molecule has 18 heavy (non-hydrogen) atoms. The molecule has 0 aliphatic carbocycles. The van der Waals surface area contributed by atoms with Gasteiger partial charge in [-0.05, 0) is 31.0 Å². The maximum absolute atomic E-state index is 5.58. The van der Waals surface area contributed by atoms with Gasteiger partial charge in [0.05, 0.1) is 6.61 Å². The zero-order valence-corrected chi connectivity index (χ0v) is 10.7. The Kier molecular flexibility index (Phi) is 3.14. The highest BCUT2D eigenvalue weighted by molar-refractivity contribution is 5.43. The van der Waals surface area contributed by atoms with Crippen LogP contribution in [0.4, 0.5) is 0 Å². The summed E-state index contributed by atoms with van der Waals surface area (Å²) in [5, 5.41) is 3.56. The smallest absolute Gasteiger partial charge is 0.161 e. The third-order valence-electron chi connectivity index (χ3n) is 3.54. The second-order valence-corrected chi connectivity index (χ2v) is 5.19. The molecule has 2 aliphatic heterocycles. The van der Waals surface area contributed by atoms with E-state index in [0.29, 0.717) is 13.2 Å². The van der Waals surface area contributed by atoms with E-state index >= 15 is 0 Å². The van der Waals surface area contributed by atoms with Gasteiger partial charge in [0.15, 0.2) is 11.5 Å². The van der Waals surface area contributed by atoms with E-state index in [1.165, 1.54) is 5.56 Å². The number of nitrogens with one attached hydrogen (secondary N) is 1. The number of hydrogen-bond donors (Lipinski definition) is 1. The highest BCUT2D eigenvalue weighted by atomic mass is 16.6. The molecule has 0 bridgehead atoms. The van der Waals surface area contributed by atoms with Gasteiger partial charge >= 0.3 is 0 Å². The van der Waals surface area contributed by atoms with Gasteiger partial charge in [-0.15, -0.1) is 0 Å². The molecule has 3 rings (SSSR count). The quantitative estimate of drug-likeness (QED) is 0.885. The number of hydrogen-bond acceptors (Lipinski definition) is 4. The number of fused-ring (bicyclic) bond motifs is 1. The third-order valence-corrected chi connectivity index (χ3v) is 3.54. The molecule has 0 aromatic heterocycles. The van der Waals surface area contributed by atoms with Gasteiger partial charge in [-0.3, -0.25) is 0 Å². The third kappa shape index (κ3) is 2.44. The van der Waals surface area contributed by atoms with Gasteiger partial charge in [-0.2, -0.15) is 0 Å². The lowest BCUT2D eigenvalue weighted by atomic mass is 10.0. The van der Waals surface area contributed by atoms with E-state index in [9.17, 15) is 0 Å². The molecule has 4 heteroatoms. The lowest BCUT2D eigenvalue weighted by molar-refractivity contribution is 0.169. The molecule has 1 unspecified atom stereocenters. The van der Waals surface area contributed by atoms with Gasteiger partial charge in [-0.1, -0.05) is 6.07 Å². The van der Waals surface area contributed by atoms with Gasteiger partial charge in [0, 0.05) is 18.7 Å². The van der Waals surface area contributed by atoms with Crippen molar-refractivity contribution in [2.45, 2.75) is 25.4 Å². The zero-order chi connectivity index (χ0) is 12.4. The minimum absolute atomic E-state index is 0.104. The molecule has 1 atom stereocenters. The Bertz CT molecular complexity index is 427. The highest BCUT2D eigenvalue weighted by Crippen LogP contribution is 2.31. The van der Waals surface area contributed by atoms with Crippen molar-refractivity contribution < 1.29 is 14.2 Å². The van der Waals surface area contributed by atoms with Crippen molar-refractivity contribution in [3.63, 3.8) is 0 Å².